The molecular formula is C26H28BrNO4. The van der Waals surface area contributed by atoms with Gasteiger partial charge in [-0.25, -0.2) is 0 Å². The Morgan fingerprint density at radius 3 is 2.28 bits per heavy atom. The van der Waals surface area contributed by atoms with Gasteiger partial charge in [-0.1, -0.05) is 46.3 Å². The molecule has 0 radical (unpaired) electrons. The Hall–Kier alpha value is -2.70. The number of ether oxygens (including phenoxy) is 4. The zero-order chi connectivity index (χ0) is 22.5. The molecule has 0 amide bonds. The summed E-state index contributed by atoms with van der Waals surface area (Å²) < 4.78 is 24.1. The third-order valence-electron chi connectivity index (χ3n) is 5.61. The highest BCUT2D eigenvalue weighted by Gasteiger charge is 2.27. The standard InChI is InChI=1S/C26H28BrNO4/c1-4-31-24-13-19-18(12-22(24)29-2)10-11-28-26(19)20-14-23(30-3)25(15-21(20)27)32-16-17-8-6-5-7-9-17/h5-9,12-15,26,28H,4,10-11,16H2,1-3H3. The lowest BCUT2D eigenvalue weighted by atomic mass is 9.89. The summed E-state index contributed by atoms with van der Waals surface area (Å²) in [6, 6.07) is 18.3. The van der Waals surface area contributed by atoms with Crippen LogP contribution in [0.3, 0.4) is 0 Å². The summed E-state index contributed by atoms with van der Waals surface area (Å²) >= 11 is 3.77. The Morgan fingerprint density at radius 2 is 1.56 bits per heavy atom. The lowest BCUT2D eigenvalue weighted by molar-refractivity contribution is 0.284. The smallest absolute Gasteiger partial charge is 0.162 e. The van der Waals surface area contributed by atoms with Crippen LogP contribution < -0.4 is 24.3 Å². The maximum atomic E-state index is 6.08. The summed E-state index contributed by atoms with van der Waals surface area (Å²) in [6.45, 7) is 3.91. The zero-order valence-corrected chi connectivity index (χ0v) is 20.2. The second-order valence-corrected chi connectivity index (χ2v) is 8.43. The summed E-state index contributed by atoms with van der Waals surface area (Å²) in [4.78, 5) is 0. The van der Waals surface area contributed by atoms with Gasteiger partial charge >= 0.3 is 0 Å². The van der Waals surface area contributed by atoms with Crippen molar-refractivity contribution in [2.75, 3.05) is 27.4 Å². The van der Waals surface area contributed by atoms with Gasteiger partial charge in [-0.2, -0.15) is 0 Å². The molecule has 1 aliphatic heterocycles. The average Bonchev–Trinajstić information content (AvgIpc) is 2.83. The van der Waals surface area contributed by atoms with Crippen molar-refractivity contribution in [3.63, 3.8) is 0 Å². The van der Waals surface area contributed by atoms with Crippen molar-refractivity contribution in [2.45, 2.75) is 26.0 Å². The Morgan fingerprint density at radius 1 is 0.875 bits per heavy atom. The van der Waals surface area contributed by atoms with Crippen LogP contribution in [0.15, 0.2) is 59.1 Å². The fraction of sp³-hybridized carbons (Fsp3) is 0.308. The molecule has 0 aromatic heterocycles. The van der Waals surface area contributed by atoms with Crippen molar-refractivity contribution in [3.8, 4) is 23.0 Å². The molecule has 6 heteroatoms. The van der Waals surface area contributed by atoms with Gasteiger partial charge in [0.2, 0.25) is 0 Å². The van der Waals surface area contributed by atoms with E-state index in [-0.39, 0.29) is 6.04 Å². The maximum absolute atomic E-state index is 6.08. The van der Waals surface area contributed by atoms with E-state index in [0.29, 0.717) is 24.7 Å². The van der Waals surface area contributed by atoms with Gasteiger partial charge in [-0.3, -0.25) is 0 Å². The summed E-state index contributed by atoms with van der Waals surface area (Å²) in [5.41, 5.74) is 4.63. The lowest BCUT2D eigenvalue weighted by Crippen LogP contribution is -2.31. The van der Waals surface area contributed by atoms with Crippen LogP contribution >= 0.6 is 15.9 Å². The van der Waals surface area contributed by atoms with Gasteiger partial charge in [-0.15, -0.1) is 0 Å². The van der Waals surface area contributed by atoms with Gasteiger partial charge in [0.15, 0.2) is 23.0 Å². The molecule has 3 aromatic rings. The predicted molar refractivity (Wildman–Crippen MR) is 129 cm³/mol. The molecule has 3 aromatic carbocycles. The summed E-state index contributed by atoms with van der Waals surface area (Å²) in [5, 5.41) is 3.65. The monoisotopic (exact) mass is 497 g/mol. The van der Waals surface area contributed by atoms with Crippen LogP contribution in [-0.4, -0.2) is 27.4 Å². The van der Waals surface area contributed by atoms with Crippen LogP contribution in [0.1, 0.15) is 35.2 Å². The lowest BCUT2D eigenvalue weighted by Gasteiger charge is -2.30. The van der Waals surface area contributed by atoms with Crippen molar-refractivity contribution in [2.24, 2.45) is 0 Å². The SMILES string of the molecule is CCOc1cc2c(cc1OC)CCNC2c1cc(OC)c(OCc2ccccc2)cc1Br. The third-order valence-corrected chi connectivity index (χ3v) is 6.30. The Labute approximate surface area is 197 Å². The van der Waals surface area contributed by atoms with Crippen molar-refractivity contribution in [3.05, 3.63) is 81.3 Å². The van der Waals surface area contributed by atoms with Crippen molar-refractivity contribution >= 4 is 15.9 Å². The van der Waals surface area contributed by atoms with E-state index in [0.717, 1.165) is 40.1 Å². The number of hydrogen-bond donors (Lipinski definition) is 1. The molecule has 1 unspecified atom stereocenters. The van der Waals surface area contributed by atoms with E-state index < -0.39 is 0 Å². The molecule has 5 nitrogen and oxygen atoms in total. The van der Waals surface area contributed by atoms with Gasteiger partial charge in [-0.05, 0) is 59.9 Å². The van der Waals surface area contributed by atoms with E-state index >= 15 is 0 Å². The molecule has 0 bridgehead atoms. The maximum Gasteiger partial charge on any atom is 0.162 e. The first-order valence-electron chi connectivity index (χ1n) is 10.8. The highest BCUT2D eigenvalue weighted by molar-refractivity contribution is 9.10. The fourth-order valence-corrected chi connectivity index (χ4v) is 4.60. The molecule has 1 aliphatic rings. The molecule has 1 atom stereocenters. The molecule has 32 heavy (non-hydrogen) atoms. The Balaban J connectivity index is 1.68. The van der Waals surface area contributed by atoms with Crippen molar-refractivity contribution in [1.29, 1.82) is 0 Å². The second kappa shape index (κ2) is 10.3. The Kier molecular flexibility index (Phi) is 7.22. The normalized spacial score (nSPS) is 15.1. The first kappa shape index (κ1) is 22.5. The fourth-order valence-electron chi connectivity index (χ4n) is 4.05. The van der Waals surface area contributed by atoms with Crippen LogP contribution in [0.25, 0.3) is 0 Å². The summed E-state index contributed by atoms with van der Waals surface area (Å²) in [7, 11) is 3.35. The van der Waals surface area contributed by atoms with Gasteiger partial charge in [0.05, 0.1) is 26.9 Å². The van der Waals surface area contributed by atoms with Crippen molar-refractivity contribution in [1.82, 2.24) is 5.32 Å². The van der Waals surface area contributed by atoms with E-state index in [1.807, 2.05) is 49.4 Å². The molecule has 0 saturated carbocycles. The molecule has 0 spiro atoms. The number of hydrogen-bond acceptors (Lipinski definition) is 5. The van der Waals surface area contributed by atoms with Crippen LogP contribution in [0.5, 0.6) is 23.0 Å². The van der Waals surface area contributed by atoms with Gasteiger partial charge < -0.3 is 24.3 Å². The van der Waals surface area contributed by atoms with E-state index in [1.54, 1.807) is 14.2 Å². The highest BCUT2D eigenvalue weighted by atomic mass is 79.9. The minimum atomic E-state index is -0.00434. The third kappa shape index (κ3) is 4.71. The predicted octanol–water partition coefficient (Wildman–Crippen LogP) is 5.68. The first-order chi connectivity index (χ1) is 15.6. The number of rotatable bonds is 8. The summed E-state index contributed by atoms with van der Waals surface area (Å²) in [6.07, 6.45) is 0.932. The molecule has 168 valence electrons. The quantitative estimate of drug-likeness (QED) is 0.433. The molecule has 0 saturated heterocycles. The van der Waals surface area contributed by atoms with Crippen LogP contribution in [0.2, 0.25) is 0 Å². The minimum absolute atomic E-state index is 0.00434. The molecule has 0 fully saturated rings. The van der Waals surface area contributed by atoms with E-state index in [4.69, 9.17) is 18.9 Å². The molecule has 1 heterocycles. The number of halogens is 1. The molecule has 0 aliphatic carbocycles. The highest BCUT2D eigenvalue weighted by Crippen LogP contribution is 2.42. The number of methoxy groups -OCH3 is 2. The first-order valence-corrected chi connectivity index (χ1v) is 11.5. The van der Waals surface area contributed by atoms with Crippen LogP contribution in [0.4, 0.5) is 0 Å². The van der Waals surface area contributed by atoms with Crippen molar-refractivity contribution < 1.29 is 18.9 Å². The molecular weight excluding hydrogens is 470 g/mol. The number of fused-ring (bicyclic) bond motifs is 1. The van der Waals surface area contributed by atoms with Crippen LogP contribution in [0, 0.1) is 0 Å². The summed E-state index contributed by atoms with van der Waals surface area (Å²) in [5.74, 6) is 2.93. The number of benzene rings is 3. The Bertz CT molecular complexity index is 1070. The van der Waals surface area contributed by atoms with Gasteiger partial charge in [0.1, 0.15) is 6.61 Å². The molecule has 4 rings (SSSR count). The topological polar surface area (TPSA) is 49.0 Å². The average molecular weight is 498 g/mol. The van der Waals surface area contributed by atoms with E-state index in [1.165, 1.54) is 11.1 Å². The van der Waals surface area contributed by atoms with Gasteiger partial charge in [0, 0.05) is 11.0 Å². The van der Waals surface area contributed by atoms with Gasteiger partial charge in [0.25, 0.3) is 0 Å². The molecule has 1 N–H and O–H groups in total. The zero-order valence-electron chi connectivity index (χ0n) is 18.6. The van der Waals surface area contributed by atoms with E-state index in [9.17, 15) is 0 Å². The number of nitrogens with one attached hydrogen (secondary N) is 1. The van der Waals surface area contributed by atoms with Crippen LogP contribution in [-0.2, 0) is 13.0 Å². The van der Waals surface area contributed by atoms with E-state index in [2.05, 4.69) is 33.4 Å². The minimum Gasteiger partial charge on any atom is -0.493 e. The largest absolute Gasteiger partial charge is 0.493 e. The second-order valence-electron chi connectivity index (χ2n) is 7.57.